The van der Waals surface area contributed by atoms with Crippen molar-refractivity contribution in [1.82, 2.24) is 9.55 Å². The number of aromatic nitrogens is 2. The Morgan fingerprint density at radius 3 is 2.20 bits per heavy atom. The standard InChI is InChI=1S/C21H30N2OS/c24-21-19-16-12-8-5-3-1-2-4-6-9-13-17(16)25-20(19)22-18-14-10-7-11-15-23(18)21/h1-15H2. The fraction of sp³-hybridized carbons (Fsp3) is 0.714. The molecule has 3 heterocycles. The summed E-state index contributed by atoms with van der Waals surface area (Å²) in [7, 11) is 0. The van der Waals surface area contributed by atoms with Gasteiger partial charge in [0.2, 0.25) is 0 Å². The van der Waals surface area contributed by atoms with Gasteiger partial charge in [-0.15, -0.1) is 11.3 Å². The van der Waals surface area contributed by atoms with Gasteiger partial charge in [0.05, 0.1) is 5.39 Å². The zero-order chi connectivity index (χ0) is 17.1. The molecule has 0 N–H and O–H groups in total. The first-order valence-electron chi connectivity index (χ1n) is 10.4. The largest absolute Gasteiger partial charge is 0.296 e. The monoisotopic (exact) mass is 358 g/mol. The number of aryl methyl sites for hydroxylation is 3. The lowest BCUT2D eigenvalue weighted by Crippen LogP contribution is -2.24. The van der Waals surface area contributed by atoms with Crippen LogP contribution in [0.2, 0.25) is 0 Å². The van der Waals surface area contributed by atoms with Crippen LogP contribution < -0.4 is 5.56 Å². The van der Waals surface area contributed by atoms with Crippen molar-refractivity contribution in [3.8, 4) is 0 Å². The molecule has 0 radical (unpaired) electrons. The molecule has 0 bridgehead atoms. The number of hydrogen-bond donors (Lipinski definition) is 0. The SMILES string of the molecule is O=c1c2c3c(sc2nc2n1CCCCC2)CCCCCCCCCC3. The van der Waals surface area contributed by atoms with Gasteiger partial charge in [0.25, 0.3) is 5.56 Å². The topological polar surface area (TPSA) is 34.9 Å². The molecule has 3 nitrogen and oxygen atoms in total. The van der Waals surface area contributed by atoms with Gasteiger partial charge in [-0.25, -0.2) is 4.98 Å². The number of nitrogens with zero attached hydrogens (tertiary/aromatic N) is 2. The van der Waals surface area contributed by atoms with Crippen molar-refractivity contribution in [3.63, 3.8) is 0 Å². The third kappa shape index (κ3) is 3.69. The molecule has 1 aliphatic heterocycles. The van der Waals surface area contributed by atoms with Crippen molar-refractivity contribution in [2.45, 2.75) is 96.4 Å². The van der Waals surface area contributed by atoms with Crippen LogP contribution in [-0.4, -0.2) is 9.55 Å². The van der Waals surface area contributed by atoms with E-state index in [0.717, 1.165) is 48.3 Å². The Bertz CT molecular complexity index is 789. The van der Waals surface area contributed by atoms with Crippen LogP contribution in [0.4, 0.5) is 0 Å². The minimum atomic E-state index is 0.256. The Morgan fingerprint density at radius 1 is 0.760 bits per heavy atom. The summed E-state index contributed by atoms with van der Waals surface area (Å²) in [6.45, 7) is 0.863. The third-order valence-electron chi connectivity index (χ3n) is 5.94. The summed E-state index contributed by atoms with van der Waals surface area (Å²) in [5, 5.41) is 0.975. The van der Waals surface area contributed by atoms with Gasteiger partial charge in [-0.05, 0) is 44.1 Å². The van der Waals surface area contributed by atoms with Crippen molar-refractivity contribution >= 4 is 21.6 Å². The van der Waals surface area contributed by atoms with Gasteiger partial charge in [-0.3, -0.25) is 9.36 Å². The van der Waals surface area contributed by atoms with Crippen molar-refractivity contribution in [2.24, 2.45) is 0 Å². The number of rotatable bonds is 0. The molecule has 0 atom stereocenters. The van der Waals surface area contributed by atoms with Crippen LogP contribution in [0.25, 0.3) is 10.2 Å². The third-order valence-corrected chi connectivity index (χ3v) is 7.12. The van der Waals surface area contributed by atoms with Crippen molar-refractivity contribution in [3.05, 3.63) is 26.6 Å². The Kier molecular flexibility index (Phi) is 5.54. The van der Waals surface area contributed by atoms with Gasteiger partial charge in [0.1, 0.15) is 10.7 Å². The Hall–Kier alpha value is -1.16. The molecular weight excluding hydrogens is 328 g/mol. The summed E-state index contributed by atoms with van der Waals surface area (Å²) >= 11 is 1.82. The normalized spacial score (nSPS) is 20.2. The number of fused-ring (bicyclic) bond motifs is 4. The lowest BCUT2D eigenvalue weighted by molar-refractivity contribution is 0.561. The zero-order valence-electron chi connectivity index (χ0n) is 15.3. The lowest BCUT2D eigenvalue weighted by Gasteiger charge is -2.10. The second kappa shape index (κ2) is 8.03. The highest BCUT2D eigenvalue weighted by Gasteiger charge is 2.20. The van der Waals surface area contributed by atoms with E-state index in [1.807, 2.05) is 15.9 Å². The van der Waals surface area contributed by atoms with Crippen LogP contribution in [0.15, 0.2) is 4.79 Å². The first-order chi connectivity index (χ1) is 12.3. The highest BCUT2D eigenvalue weighted by Crippen LogP contribution is 2.32. The molecule has 0 aromatic carbocycles. The molecule has 4 heteroatoms. The molecule has 2 aromatic heterocycles. The average Bonchev–Trinajstić information content (AvgIpc) is 2.77. The molecular formula is C21H30N2OS. The maximum absolute atomic E-state index is 13.3. The molecule has 0 saturated heterocycles. The Morgan fingerprint density at radius 2 is 1.40 bits per heavy atom. The fourth-order valence-corrected chi connectivity index (χ4v) is 5.76. The first kappa shape index (κ1) is 17.3. The molecule has 0 unspecified atom stereocenters. The van der Waals surface area contributed by atoms with Crippen LogP contribution in [0.5, 0.6) is 0 Å². The molecule has 136 valence electrons. The van der Waals surface area contributed by atoms with Crippen molar-refractivity contribution in [1.29, 1.82) is 0 Å². The van der Waals surface area contributed by atoms with Gasteiger partial charge in [-0.2, -0.15) is 0 Å². The lowest BCUT2D eigenvalue weighted by atomic mass is 9.99. The van der Waals surface area contributed by atoms with E-state index in [1.54, 1.807) is 0 Å². The van der Waals surface area contributed by atoms with Crippen LogP contribution >= 0.6 is 11.3 Å². The first-order valence-corrected chi connectivity index (χ1v) is 11.2. The second-order valence-electron chi connectivity index (χ2n) is 7.81. The van der Waals surface area contributed by atoms with E-state index in [2.05, 4.69) is 0 Å². The van der Waals surface area contributed by atoms with Crippen LogP contribution in [0, 0.1) is 0 Å². The Balaban J connectivity index is 1.77. The van der Waals surface area contributed by atoms with Crippen LogP contribution in [-0.2, 0) is 25.8 Å². The van der Waals surface area contributed by atoms with Crippen molar-refractivity contribution < 1.29 is 0 Å². The number of thiophene rings is 1. The smallest absolute Gasteiger partial charge is 0.262 e. The summed E-state index contributed by atoms with van der Waals surface area (Å²) in [6.07, 6.45) is 17.3. The summed E-state index contributed by atoms with van der Waals surface area (Å²) in [5.74, 6) is 1.03. The van der Waals surface area contributed by atoms with Gasteiger partial charge in [0, 0.05) is 17.8 Å². The highest BCUT2D eigenvalue weighted by molar-refractivity contribution is 7.18. The molecule has 0 fully saturated rings. The van der Waals surface area contributed by atoms with Gasteiger partial charge >= 0.3 is 0 Å². The van der Waals surface area contributed by atoms with Crippen LogP contribution in [0.3, 0.4) is 0 Å². The highest BCUT2D eigenvalue weighted by atomic mass is 32.1. The van der Waals surface area contributed by atoms with E-state index in [1.165, 1.54) is 74.6 Å². The predicted molar refractivity (Wildman–Crippen MR) is 106 cm³/mol. The van der Waals surface area contributed by atoms with Gasteiger partial charge in [-0.1, -0.05) is 44.9 Å². The minimum absolute atomic E-state index is 0.256. The van der Waals surface area contributed by atoms with Gasteiger partial charge < -0.3 is 0 Å². The van der Waals surface area contributed by atoms with E-state index in [-0.39, 0.29) is 5.56 Å². The molecule has 2 aliphatic rings. The number of hydrogen-bond acceptors (Lipinski definition) is 3. The maximum Gasteiger partial charge on any atom is 0.262 e. The Labute approximate surface area is 154 Å². The van der Waals surface area contributed by atoms with E-state index < -0.39 is 0 Å². The van der Waals surface area contributed by atoms with Crippen LogP contribution in [0.1, 0.15) is 86.9 Å². The quantitative estimate of drug-likeness (QED) is 0.631. The van der Waals surface area contributed by atoms with Crippen molar-refractivity contribution in [2.75, 3.05) is 0 Å². The predicted octanol–water partition coefficient (Wildman–Crippen LogP) is 5.40. The molecule has 4 rings (SSSR count). The second-order valence-corrected chi connectivity index (χ2v) is 8.89. The molecule has 1 aliphatic carbocycles. The molecule has 0 spiro atoms. The van der Waals surface area contributed by atoms with Gasteiger partial charge in [0.15, 0.2) is 0 Å². The summed E-state index contributed by atoms with van der Waals surface area (Å²) in [4.78, 5) is 20.7. The molecule has 0 saturated carbocycles. The zero-order valence-corrected chi connectivity index (χ0v) is 16.1. The maximum atomic E-state index is 13.3. The van der Waals surface area contributed by atoms with E-state index in [4.69, 9.17) is 4.98 Å². The van der Waals surface area contributed by atoms with E-state index in [0.29, 0.717) is 0 Å². The average molecular weight is 359 g/mol. The fourth-order valence-electron chi connectivity index (χ4n) is 4.49. The molecule has 2 aromatic rings. The summed E-state index contributed by atoms with van der Waals surface area (Å²) in [6, 6.07) is 0. The summed E-state index contributed by atoms with van der Waals surface area (Å²) in [5.41, 5.74) is 1.61. The van der Waals surface area contributed by atoms with E-state index >= 15 is 0 Å². The minimum Gasteiger partial charge on any atom is -0.296 e. The summed E-state index contributed by atoms with van der Waals surface area (Å²) < 4.78 is 2.00. The molecule has 25 heavy (non-hydrogen) atoms. The molecule has 0 amide bonds. The van der Waals surface area contributed by atoms with E-state index in [9.17, 15) is 4.79 Å².